The third-order valence-electron chi connectivity index (χ3n) is 9.23. The minimum absolute atomic E-state index is 0. The molecule has 1 aliphatic carbocycles. The van der Waals surface area contributed by atoms with Gasteiger partial charge >= 0.3 is 6.09 Å². The van der Waals surface area contributed by atoms with Crippen molar-refractivity contribution in [2.45, 2.75) is 129 Å². The minimum Gasteiger partial charge on any atom is -1.00 e. The van der Waals surface area contributed by atoms with Crippen LogP contribution in [-0.2, 0) is 10.2 Å². The van der Waals surface area contributed by atoms with E-state index >= 15 is 0 Å². The monoisotopic (exact) mass is 573 g/mol. The third-order valence-corrected chi connectivity index (χ3v) is 16.3. The van der Waals surface area contributed by atoms with Crippen LogP contribution >= 0.6 is 0 Å². The van der Waals surface area contributed by atoms with Crippen molar-refractivity contribution in [3.8, 4) is 5.75 Å². The number of pyridine rings is 1. The number of ether oxygens (including phenoxy) is 2. The molecule has 4 nitrogen and oxygen atoms in total. The Labute approximate surface area is 245 Å². The lowest BCUT2D eigenvalue weighted by molar-refractivity contribution is -0.587. The Kier molecular flexibility index (Phi) is 11.7. The molecule has 1 fully saturated rings. The highest BCUT2D eigenvalue weighted by Gasteiger charge is 2.49. The van der Waals surface area contributed by atoms with E-state index < -0.39 is 8.07 Å². The minimum atomic E-state index is -2.09. The first kappa shape index (κ1) is 33.4. The number of hydrogen-bond donors (Lipinski definition) is 0. The maximum absolute atomic E-state index is 13.8. The largest absolute Gasteiger partial charge is 1.00 e. The van der Waals surface area contributed by atoms with E-state index in [1.165, 1.54) is 17.2 Å². The lowest BCUT2D eigenvalue weighted by Gasteiger charge is -2.43. The Balaban J connectivity index is 0.00000533. The molecular formula is C33H52ClNO3Si. The molecule has 0 spiro atoms. The van der Waals surface area contributed by atoms with Crippen LogP contribution in [0, 0.1) is 5.92 Å². The highest BCUT2D eigenvalue weighted by Crippen LogP contribution is 2.43. The number of nitrogens with zero attached hydrogens (tertiary/aromatic N) is 1. The van der Waals surface area contributed by atoms with Crippen molar-refractivity contribution in [1.82, 2.24) is 0 Å². The summed E-state index contributed by atoms with van der Waals surface area (Å²) >= 11 is 0. The molecule has 3 rings (SSSR count). The summed E-state index contributed by atoms with van der Waals surface area (Å²) in [6.45, 7) is 22.8. The number of carbonyl (C=O) groups excluding carboxylic acids is 1. The van der Waals surface area contributed by atoms with Gasteiger partial charge in [-0.25, -0.2) is 0 Å². The average molecular weight is 574 g/mol. The third kappa shape index (κ3) is 6.90. The van der Waals surface area contributed by atoms with Crippen LogP contribution in [0.25, 0.3) is 0 Å². The van der Waals surface area contributed by atoms with Crippen LogP contribution in [0.4, 0.5) is 4.79 Å². The van der Waals surface area contributed by atoms with E-state index in [0.29, 0.717) is 16.6 Å². The van der Waals surface area contributed by atoms with Crippen molar-refractivity contribution in [3.05, 3.63) is 54.4 Å². The summed E-state index contributed by atoms with van der Waals surface area (Å²) in [6.07, 6.45) is 7.85. The summed E-state index contributed by atoms with van der Waals surface area (Å²) in [6, 6.07) is 12.7. The van der Waals surface area contributed by atoms with Crippen LogP contribution in [0.5, 0.6) is 5.75 Å². The highest BCUT2D eigenvalue weighted by molar-refractivity contribution is 6.95. The SMILES string of the molecule is CC(C)Oc1cc[n+](C(=O)O[C@H]2CCCC[C@@H]2C(C)(C)c2ccccc2)cc1[Si](C(C)C)(C(C)C)C(C)C.[Cl-]. The second kappa shape index (κ2) is 13.7. The van der Waals surface area contributed by atoms with Crippen LogP contribution < -0.4 is 26.9 Å². The van der Waals surface area contributed by atoms with Gasteiger partial charge in [0.05, 0.1) is 6.10 Å². The maximum Gasteiger partial charge on any atom is 0.602 e. The Bertz CT molecular complexity index is 1050. The topological polar surface area (TPSA) is 39.4 Å². The van der Waals surface area contributed by atoms with Crippen molar-refractivity contribution in [1.29, 1.82) is 0 Å². The molecule has 6 heteroatoms. The summed E-state index contributed by atoms with van der Waals surface area (Å²) < 4.78 is 14.4. The predicted octanol–water partition coefficient (Wildman–Crippen LogP) is 5.17. The second-order valence-corrected chi connectivity index (χ2v) is 19.0. The van der Waals surface area contributed by atoms with Gasteiger partial charge in [-0.3, -0.25) is 0 Å². The fourth-order valence-corrected chi connectivity index (χ4v) is 14.3. The number of hydrogen-bond acceptors (Lipinski definition) is 3. The van der Waals surface area contributed by atoms with Crippen LogP contribution in [0.15, 0.2) is 48.8 Å². The van der Waals surface area contributed by atoms with Gasteiger partial charge in [-0.1, -0.05) is 96.7 Å². The fourth-order valence-electron chi connectivity index (χ4n) is 7.55. The summed E-state index contributed by atoms with van der Waals surface area (Å²) in [5, 5.41) is 1.23. The average Bonchev–Trinajstić information content (AvgIpc) is 2.85. The number of carbonyl (C=O) groups is 1. The Morgan fingerprint density at radius 3 is 2.00 bits per heavy atom. The van der Waals surface area contributed by atoms with Gasteiger partial charge < -0.3 is 21.9 Å². The Hall–Kier alpha value is -1.85. The summed E-state index contributed by atoms with van der Waals surface area (Å²) in [7, 11) is -2.09. The van der Waals surface area contributed by atoms with E-state index in [1.807, 2.05) is 12.3 Å². The number of rotatable bonds is 9. The van der Waals surface area contributed by atoms with E-state index in [1.54, 1.807) is 4.57 Å². The second-order valence-electron chi connectivity index (χ2n) is 13.1. The number of aromatic nitrogens is 1. The molecule has 0 unspecified atom stereocenters. The highest BCUT2D eigenvalue weighted by atomic mass is 35.5. The maximum atomic E-state index is 13.8. The van der Waals surface area contributed by atoms with E-state index in [2.05, 4.69) is 106 Å². The molecule has 2 aromatic rings. The number of benzene rings is 1. The van der Waals surface area contributed by atoms with Crippen molar-refractivity contribution in [2.75, 3.05) is 0 Å². The van der Waals surface area contributed by atoms with Crippen molar-refractivity contribution in [3.63, 3.8) is 0 Å². The zero-order valence-electron chi connectivity index (χ0n) is 26.0. The van der Waals surface area contributed by atoms with E-state index in [4.69, 9.17) is 9.47 Å². The summed E-state index contributed by atoms with van der Waals surface area (Å²) in [5.41, 5.74) is 2.72. The first-order chi connectivity index (χ1) is 17.8. The Morgan fingerprint density at radius 2 is 1.46 bits per heavy atom. The summed E-state index contributed by atoms with van der Waals surface area (Å²) in [4.78, 5) is 13.8. The Morgan fingerprint density at radius 1 is 0.897 bits per heavy atom. The van der Waals surface area contributed by atoms with Gasteiger partial charge in [0.25, 0.3) is 0 Å². The standard InChI is InChI=1S/C33H52NO3Si.ClH/c1-23(2)36-30-20-21-34(22-31(30)38(24(3)4,25(5)6)26(7)8)32(35)37-29-19-15-14-18-28(29)33(9,10)27-16-12-11-13-17-27;/h11-13,16-17,20-26,28-29H,14-15,18-19H2,1-10H3;1H/q+1;/p-1/t28-,29-;/m0./s1. The lowest BCUT2D eigenvalue weighted by Crippen LogP contribution is -3.00. The van der Waals surface area contributed by atoms with Gasteiger partial charge in [0, 0.05) is 17.2 Å². The molecule has 0 radical (unpaired) electrons. The van der Waals surface area contributed by atoms with Crippen molar-refractivity contribution in [2.24, 2.45) is 5.92 Å². The van der Waals surface area contributed by atoms with E-state index in [-0.39, 0.29) is 42.0 Å². The van der Waals surface area contributed by atoms with Crippen molar-refractivity contribution < 1.29 is 31.2 Å². The van der Waals surface area contributed by atoms with Gasteiger partial charge in [0.15, 0.2) is 12.4 Å². The quantitative estimate of drug-likeness (QED) is 0.307. The molecule has 2 atom stereocenters. The smallest absolute Gasteiger partial charge is 0.602 e. The van der Waals surface area contributed by atoms with Crippen LogP contribution in [0.1, 0.15) is 100 Å². The van der Waals surface area contributed by atoms with Crippen LogP contribution in [-0.4, -0.2) is 26.4 Å². The molecule has 1 aromatic carbocycles. The molecule has 1 saturated carbocycles. The van der Waals surface area contributed by atoms with Gasteiger partial charge in [0.1, 0.15) is 19.9 Å². The molecule has 1 heterocycles. The molecule has 0 amide bonds. The lowest BCUT2D eigenvalue weighted by atomic mass is 9.66. The molecule has 0 saturated heterocycles. The first-order valence-electron chi connectivity index (χ1n) is 14.8. The molecule has 1 aromatic heterocycles. The van der Waals surface area contributed by atoms with E-state index in [9.17, 15) is 4.79 Å². The van der Waals surface area contributed by atoms with Crippen LogP contribution in [0.2, 0.25) is 16.6 Å². The normalized spacial score (nSPS) is 18.4. The molecule has 39 heavy (non-hydrogen) atoms. The van der Waals surface area contributed by atoms with Gasteiger partial charge in [0.2, 0.25) is 0 Å². The summed E-state index contributed by atoms with van der Waals surface area (Å²) in [5.74, 6) is 1.20. The predicted molar refractivity (Wildman–Crippen MR) is 160 cm³/mol. The van der Waals surface area contributed by atoms with E-state index in [0.717, 1.165) is 25.0 Å². The molecule has 0 N–H and O–H groups in total. The zero-order valence-corrected chi connectivity index (χ0v) is 27.7. The molecule has 0 bridgehead atoms. The van der Waals surface area contributed by atoms with Crippen LogP contribution in [0.3, 0.4) is 0 Å². The molecule has 0 aliphatic heterocycles. The fraction of sp³-hybridized carbons (Fsp3) is 0.636. The molecule has 218 valence electrons. The first-order valence-corrected chi connectivity index (χ1v) is 17.1. The van der Waals surface area contributed by atoms with Gasteiger partial charge in [-0.15, -0.1) is 0 Å². The number of halogens is 1. The molecule has 1 aliphatic rings. The van der Waals surface area contributed by atoms with Gasteiger partial charge in [-0.2, -0.15) is 4.79 Å². The molecular weight excluding hydrogens is 522 g/mol. The van der Waals surface area contributed by atoms with Crippen molar-refractivity contribution >= 4 is 19.4 Å². The van der Waals surface area contributed by atoms with Gasteiger partial charge in [-0.05, 0) is 60.7 Å². The zero-order chi connectivity index (χ0) is 28.3.